The first-order valence-electron chi connectivity index (χ1n) is 14.7. The number of anilines is 1. The average Bonchev–Trinajstić information content (AvgIpc) is 3.44. The van der Waals surface area contributed by atoms with Crippen LogP contribution in [0.3, 0.4) is 0 Å². The largest absolute Gasteiger partial charge is 0.455 e. The molecule has 0 aliphatic rings. The zero-order chi connectivity index (χ0) is 33.3. The monoisotopic (exact) mass is 715 g/mol. The number of ketones is 1. The summed E-state index contributed by atoms with van der Waals surface area (Å²) in [7, 11) is -2.57. The van der Waals surface area contributed by atoms with Gasteiger partial charge in [-0.05, 0) is 65.5 Å². The van der Waals surface area contributed by atoms with Gasteiger partial charge in [-0.3, -0.25) is 19.7 Å². The van der Waals surface area contributed by atoms with Gasteiger partial charge in [0.1, 0.15) is 11.0 Å². The zero-order valence-corrected chi connectivity index (χ0v) is 30.2. The number of nitrogens with zero attached hydrogens (tertiary/aromatic N) is 5. The summed E-state index contributed by atoms with van der Waals surface area (Å²) >= 11 is 10.0. The molecular formula is C31H39BrClN7O4Si. The lowest BCUT2D eigenvalue weighted by molar-refractivity contribution is -0.145. The summed E-state index contributed by atoms with van der Waals surface area (Å²) < 4.78 is 13.9. The minimum atomic E-state index is -2.57. The van der Waals surface area contributed by atoms with Gasteiger partial charge in [-0.2, -0.15) is 10.1 Å². The topological polar surface area (TPSA) is 145 Å². The molecule has 1 amide bonds. The number of fused-ring (bicyclic) bond motifs is 1. The highest BCUT2D eigenvalue weighted by Gasteiger charge is 2.52. The highest BCUT2D eigenvalue weighted by Crippen LogP contribution is 2.45. The second kappa shape index (κ2) is 13.6. The third kappa shape index (κ3) is 7.11. The number of aryl methyl sites for hydroxylation is 1. The average molecular weight is 717 g/mol. The van der Waals surface area contributed by atoms with Crippen molar-refractivity contribution in [3.05, 3.63) is 52.0 Å². The van der Waals surface area contributed by atoms with Crippen molar-refractivity contribution in [2.75, 3.05) is 5.32 Å². The van der Waals surface area contributed by atoms with Crippen LogP contribution in [0.25, 0.3) is 22.4 Å². The van der Waals surface area contributed by atoms with Crippen molar-refractivity contribution in [1.29, 1.82) is 0 Å². The van der Waals surface area contributed by atoms with Gasteiger partial charge in [-0.25, -0.2) is 9.97 Å². The number of benzene rings is 1. The van der Waals surface area contributed by atoms with Crippen LogP contribution in [0.2, 0.25) is 21.6 Å². The first kappa shape index (κ1) is 34.6. The van der Waals surface area contributed by atoms with Crippen molar-refractivity contribution in [3.63, 3.8) is 0 Å². The van der Waals surface area contributed by atoms with E-state index >= 15 is 0 Å². The molecule has 0 saturated heterocycles. The molecule has 0 aliphatic carbocycles. The molecule has 11 nitrogen and oxygen atoms in total. The van der Waals surface area contributed by atoms with Gasteiger partial charge in [-0.1, -0.05) is 59.2 Å². The lowest BCUT2D eigenvalue weighted by atomic mass is 9.98. The molecule has 0 fully saturated rings. The smallest absolute Gasteiger partial charge is 0.274 e. The van der Waals surface area contributed by atoms with Crippen LogP contribution in [0.15, 0.2) is 41.3 Å². The number of H-pyrrole nitrogens is 1. The molecule has 4 aromatic rings. The van der Waals surface area contributed by atoms with Gasteiger partial charge in [0.05, 0.1) is 34.9 Å². The van der Waals surface area contributed by atoms with E-state index in [1.165, 1.54) is 18.6 Å². The van der Waals surface area contributed by atoms with Gasteiger partial charge in [-0.15, -0.1) is 0 Å². The Kier molecular flexibility index (Phi) is 10.5. The number of Topliss-reactive ketones (excluding diaryl/α,β-unsaturated/α-hetero) is 1. The maximum absolute atomic E-state index is 14.5. The lowest BCUT2D eigenvalue weighted by Crippen LogP contribution is -2.59. The molecule has 0 bridgehead atoms. The Morgan fingerprint density at radius 2 is 1.67 bits per heavy atom. The van der Waals surface area contributed by atoms with Crippen molar-refractivity contribution in [2.24, 2.45) is 0 Å². The van der Waals surface area contributed by atoms with E-state index < -0.39 is 31.7 Å². The van der Waals surface area contributed by atoms with E-state index in [2.05, 4.69) is 92.9 Å². The third-order valence-electron chi connectivity index (χ3n) is 7.93. The minimum Gasteiger partial charge on any atom is -0.455 e. The van der Waals surface area contributed by atoms with Crippen molar-refractivity contribution in [3.8, 4) is 17.3 Å². The fourth-order valence-corrected chi connectivity index (χ4v) is 12.5. The predicted molar refractivity (Wildman–Crippen MR) is 181 cm³/mol. The molecule has 3 aromatic heterocycles. The standard InChI is InChI=1S/C31H39BrClN7O4Si/c1-16(2)45(17(3)4,18(5)6)44-31(8,9)26(41)25(29(42)37-23-15-34-19(7)13-35-23)43-30-20-14-36-40-27(20)38-28(39-30)24-21(32)11-10-12-22(24)33/h10-18,25H,1-9H3,(H,35,37,42)(H,36,38,39,40)/t25-/m1/s1. The molecule has 0 radical (unpaired) electrons. The number of carbonyl (C=O) groups is 2. The Balaban J connectivity index is 1.82. The fraction of sp³-hybridized carbons (Fsp3) is 0.452. The molecule has 240 valence electrons. The molecule has 1 aromatic carbocycles. The van der Waals surface area contributed by atoms with Gasteiger partial charge in [0.25, 0.3) is 5.91 Å². The first-order chi connectivity index (χ1) is 21.1. The van der Waals surface area contributed by atoms with Gasteiger partial charge < -0.3 is 14.5 Å². The maximum Gasteiger partial charge on any atom is 0.274 e. The summed E-state index contributed by atoms with van der Waals surface area (Å²) in [5, 5.41) is 10.4. The third-order valence-corrected chi connectivity index (χ3v) is 15.2. The molecule has 2 N–H and O–H groups in total. The second-order valence-electron chi connectivity index (χ2n) is 12.4. The van der Waals surface area contributed by atoms with E-state index in [-0.39, 0.29) is 34.1 Å². The van der Waals surface area contributed by atoms with Crippen LogP contribution in [-0.4, -0.2) is 61.8 Å². The van der Waals surface area contributed by atoms with E-state index in [0.29, 0.717) is 31.8 Å². The van der Waals surface area contributed by atoms with E-state index in [1.54, 1.807) is 39.0 Å². The van der Waals surface area contributed by atoms with Crippen LogP contribution < -0.4 is 10.1 Å². The van der Waals surface area contributed by atoms with Crippen molar-refractivity contribution in [2.45, 2.75) is 90.6 Å². The summed E-state index contributed by atoms with van der Waals surface area (Å²) in [6.07, 6.45) is 2.71. The normalized spacial score (nSPS) is 13.1. The highest BCUT2D eigenvalue weighted by atomic mass is 79.9. The van der Waals surface area contributed by atoms with Crippen LogP contribution in [0.1, 0.15) is 61.1 Å². The molecule has 4 rings (SSSR count). The van der Waals surface area contributed by atoms with Crippen LogP contribution in [-0.2, 0) is 14.0 Å². The van der Waals surface area contributed by atoms with E-state index in [9.17, 15) is 9.59 Å². The van der Waals surface area contributed by atoms with Crippen LogP contribution in [0.4, 0.5) is 5.82 Å². The number of hydrogen-bond acceptors (Lipinski definition) is 9. The number of ether oxygens (including phenoxy) is 1. The van der Waals surface area contributed by atoms with Crippen molar-refractivity contribution in [1.82, 2.24) is 30.1 Å². The van der Waals surface area contributed by atoms with Gasteiger partial charge >= 0.3 is 0 Å². The molecule has 45 heavy (non-hydrogen) atoms. The molecule has 14 heteroatoms. The number of halogens is 2. The van der Waals surface area contributed by atoms with Gasteiger partial charge in [0.2, 0.25) is 26.1 Å². The molecule has 0 saturated carbocycles. The molecule has 0 aliphatic heterocycles. The van der Waals surface area contributed by atoms with E-state index in [1.807, 2.05) is 0 Å². The van der Waals surface area contributed by atoms with E-state index in [4.69, 9.17) is 20.8 Å². The highest BCUT2D eigenvalue weighted by molar-refractivity contribution is 9.10. The quantitative estimate of drug-likeness (QED) is 0.113. The first-order valence-corrected chi connectivity index (χ1v) is 18.1. The van der Waals surface area contributed by atoms with Gasteiger partial charge in [0.15, 0.2) is 17.3 Å². The summed E-state index contributed by atoms with van der Waals surface area (Å²) in [6, 6.07) is 5.30. The van der Waals surface area contributed by atoms with Crippen LogP contribution >= 0.6 is 27.5 Å². The Bertz CT molecular complexity index is 1650. The Morgan fingerprint density at radius 3 is 2.24 bits per heavy atom. The zero-order valence-electron chi connectivity index (χ0n) is 26.9. The number of nitrogens with one attached hydrogen (secondary N) is 2. The number of aromatic nitrogens is 6. The lowest BCUT2D eigenvalue weighted by Gasteiger charge is -2.47. The molecule has 1 atom stereocenters. The number of rotatable bonds is 12. The number of hydrogen-bond donors (Lipinski definition) is 2. The van der Waals surface area contributed by atoms with E-state index in [0.717, 1.165) is 0 Å². The van der Waals surface area contributed by atoms with Crippen molar-refractivity contribution < 1.29 is 18.8 Å². The summed E-state index contributed by atoms with van der Waals surface area (Å²) in [4.78, 5) is 46.1. The molecule has 0 unspecified atom stereocenters. The molecule has 3 heterocycles. The second-order valence-corrected chi connectivity index (χ2v) is 19.0. The summed E-state index contributed by atoms with van der Waals surface area (Å²) in [6.45, 7) is 18.0. The number of amides is 1. The van der Waals surface area contributed by atoms with Crippen LogP contribution in [0.5, 0.6) is 5.88 Å². The number of aromatic amines is 1. The van der Waals surface area contributed by atoms with Crippen molar-refractivity contribution >= 4 is 64.4 Å². The molecule has 0 spiro atoms. The summed E-state index contributed by atoms with van der Waals surface area (Å²) in [5.41, 5.74) is 0.708. The summed E-state index contributed by atoms with van der Waals surface area (Å²) in [5.74, 6) is -0.990. The molecular weight excluding hydrogens is 678 g/mol. The Hall–Kier alpha value is -3.26. The fourth-order valence-electron chi connectivity index (χ4n) is 5.87. The SMILES string of the molecule is Cc1cnc(NC(=O)[C@H](Oc2nc(-c3c(Cl)cccc3Br)nc3[nH]ncc23)C(=O)C(C)(C)O[Si](C(C)C)(C(C)C)C(C)C)cn1. The maximum atomic E-state index is 14.5. The minimum absolute atomic E-state index is 0.0325. The Morgan fingerprint density at radius 1 is 1.00 bits per heavy atom. The van der Waals surface area contributed by atoms with Crippen LogP contribution in [0, 0.1) is 6.92 Å². The van der Waals surface area contributed by atoms with Gasteiger partial charge in [0, 0.05) is 4.47 Å². The Labute approximate surface area is 277 Å². The predicted octanol–water partition coefficient (Wildman–Crippen LogP) is 7.46. The number of carbonyl (C=O) groups excluding carboxylic acids is 2.